The second-order valence-electron chi connectivity index (χ2n) is 7.01. The third-order valence-corrected chi connectivity index (χ3v) is 5.70. The average molecular weight is 286 g/mol. The van der Waals surface area contributed by atoms with Gasteiger partial charge in [-0.3, -0.25) is 4.98 Å². The molecule has 2 fully saturated rings. The Labute approximate surface area is 129 Å². The minimum atomic E-state index is 0.711. The third-order valence-electron chi connectivity index (χ3n) is 5.70. The average Bonchev–Trinajstić information content (AvgIpc) is 3.07. The molecular weight excluding hydrogens is 256 g/mol. The zero-order chi connectivity index (χ0) is 15.0. The molecule has 3 heterocycles. The summed E-state index contributed by atoms with van der Waals surface area (Å²) in [6.07, 6.45) is 8.86. The molecule has 0 saturated carbocycles. The molecule has 0 spiro atoms. The van der Waals surface area contributed by atoms with E-state index in [1.54, 1.807) is 11.1 Å². The number of pyridine rings is 1. The van der Waals surface area contributed by atoms with Gasteiger partial charge in [0.25, 0.3) is 0 Å². The summed E-state index contributed by atoms with van der Waals surface area (Å²) < 4.78 is 0. The maximum Gasteiger partial charge on any atom is 0.0445 e. The van der Waals surface area contributed by atoms with E-state index >= 15 is 0 Å². The number of rotatable bonds is 5. The van der Waals surface area contributed by atoms with Crippen LogP contribution >= 0.6 is 0 Å². The Morgan fingerprint density at radius 3 is 2.57 bits per heavy atom. The van der Waals surface area contributed by atoms with Crippen LogP contribution < -0.4 is 5.32 Å². The fourth-order valence-corrected chi connectivity index (χ4v) is 4.67. The van der Waals surface area contributed by atoms with Gasteiger partial charge in [-0.05, 0) is 69.1 Å². The molecule has 0 amide bonds. The first-order valence-electron chi connectivity index (χ1n) is 8.90. The fraction of sp³-hybridized carbons (Fsp3) is 0.737. The highest BCUT2D eigenvalue weighted by Gasteiger charge is 2.41. The number of hydrogen-bond acceptors (Lipinski definition) is 2. The van der Waals surface area contributed by atoms with Gasteiger partial charge in [-0.2, -0.15) is 0 Å². The van der Waals surface area contributed by atoms with E-state index in [9.17, 15) is 0 Å². The maximum absolute atomic E-state index is 5.04. The number of unbranched alkanes of at least 4 members (excludes halogenated alkanes) is 1. The lowest BCUT2D eigenvalue weighted by atomic mass is 9.79. The second-order valence-corrected chi connectivity index (χ2v) is 7.01. The van der Waals surface area contributed by atoms with E-state index in [0.717, 1.165) is 18.9 Å². The Kier molecular flexibility index (Phi) is 4.35. The van der Waals surface area contributed by atoms with Crippen molar-refractivity contribution in [2.45, 2.75) is 90.6 Å². The molecule has 1 aromatic heterocycles. The highest BCUT2D eigenvalue weighted by molar-refractivity contribution is 5.43. The Hall–Kier alpha value is -0.890. The van der Waals surface area contributed by atoms with Gasteiger partial charge in [0.2, 0.25) is 0 Å². The van der Waals surface area contributed by atoms with E-state index in [2.05, 4.69) is 33.0 Å². The van der Waals surface area contributed by atoms with E-state index in [1.807, 2.05) is 0 Å². The van der Waals surface area contributed by atoms with Gasteiger partial charge in [0, 0.05) is 29.4 Å². The van der Waals surface area contributed by atoms with Crippen LogP contribution in [0.15, 0.2) is 0 Å². The number of nitrogens with one attached hydrogen (secondary N) is 1. The monoisotopic (exact) mass is 286 g/mol. The van der Waals surface area contributed by atoms with Gasteiger partial charge < -0.3 is 5.32 Å². The van der Waals surface area contributed by atoms with Crippen LogP contribution in [-0.4, -0.2) is 17.1 Å². The second kappa shape index (κ2) is 6.08. The first-order chi connectivity index (χ1) is 10.2. The van der Waals surface area contributed by atoms with Gasteiger partial charge in [0.1, 0.15) is 0 Å². The lowest BCUT2D eigenvalue weighted by Crippen LogP contribution is -2.24. The van der Waals surface area contributed by atoms with Gasteiger partial charge in [-0.1, -0.05) is 20.3 Å². The van der Waals surface area contributed by atoms with Gasteiger partial charge in [0.05, 0.1) is 0 Å². The van der Waals surface area contributed by atoms with Crippen molar-refractivity contribution in [2.24, 2.45) is 0 Å². The number of nitrogens with zero attached hydrogens (tertiary/aromatic N) is 1. The van der Waals surface area contributed by atoms with Crippen LogP contribution in [0.2, 0.25) is 0 Å². The molecule has 0 aliphatic carbocycles. The molecular formula is C19H30N2. The molecule has 1 aromatic rings. The summed E-state index contributed by atoms with van der Waals surface area (Å²) in [5, 5.41) is 3.81. The summed E-state index contributed by atoms with van der Waals surface area (Å²) in [7, 11) is 0. The highest BCUT2D eigenvalue weighted by atomic mass is 15.0. The van der Waals surface area contributed by atoms with Crippen molar-refractivity contribution < 1.29 is 0 Å². The molecule has 2 bridgehead atoms. The van der Waals surface area contributed by atoms with Crippen LogP contribution in [0.5, 0.6) is 0 Å². The van der Waals surface area contributed by atoms with Crippen molar-refractivity contribution in [2.75, 3.05) is 0 Å². The number of aromatic nitrogens is 1. The van der Waals surface area contributed by atoms with Gasteiger partial charge in [0.15, 0.2) is 0 Å². The molecule has 2 aliphatic rings. The minimum Gasteiger partial charge on any atom is -0.311 e. The molecule has 21 heavy (non-hydrogen) atoms. The van der Waals surface area contributed by atoms with Crippen molar-refractivity contribution in [1.82, 2.24) is 10.3 Å². The normalized spacial score (nSPS) is 27.5. The maximum atomic E-state index is 5.04. The molecule has 2 saturated heterocycles. The Balaban J connectivity index is 2.02. The lowest BCUT2D eigenvalue weighted by molar-refractivity contribution is 0.498. The summed E-state index contributed by atoms with van der Waals surface area (Å²) in [5.74, 6) is 0.717. The molecule has 2 heteroatoms. The van der Waals surface area contributed by atoms with Gasteiger partial charge in [-0.25, -0.2) is 0 Å². The van der Waals surface area contributed by atoms with Crippen molar-refractivity contribution >= 4 is 0 Å². The Morgan fingerprint density at radius 1 is 1.19 bits per heavy atom. The minimum absolute atomic E-state index is 0.711. The third kappa shape index (κ3) is 2.63. The van der Waals surface area contributed by atoms with E-state index in [4.69, 9.17) is 4.98 Å². The summed E-state index contributed by atoms with van der Waals surface area (Å²) in [6.45, 7) is 9.10. The summed E-state index contributed by atoms with van der Waals surface area (Å²) in [4.78, 5) is 5.04. The van der Waals surface area contributed by atoms with Crippen LogP contribution in [0.4, 0.5) is 0 Å². The zero-order valence-electron chi connectivity index (χ0n) is 14.1. The first kappa shape index (κ1) is 15.0. The van der Waals surface area contributed by atoms with Crippen LogP contribution in [0.3, 0.4) is 0 Å². The number of fused-ring (bicyclic) bond motifs is 2. The molecule has 1 N–H and O–H groups in total. The predicted molar refractivity (Wildman–Crippen MR) is 89.0 cm³/mol. The van der Waals surface area contributed by atoms with E-state index in [0.29, 0.717) is 12.0 Å². The fourth-order valence-electron chi connectivity index (χ4n) is 4.67. The first-order valence-corrected chi connectivity index (χ1v) is 8.90. The predicted octanol–water partition coefficient (Wildman–Crippen LogP) is 4.21. The van der Waals surface area contributed by atoms with Crippen molar-refractivity contribution in [3.05, 3.63) is 28.1 Å². The number of hydrogen-bond donors (Lipinski definition) is 1. The van der Waals surface area contributed by atoms with Crippen LogP contribution in [0, 0.1) is 13.8 Å². The topological polar surface area (TPSA) is 24.9 Å². The van der Waals surface area contributed by atoms with E-state index in [-0.39, 0.29) is 0 Å². The highest BCUT2D eigenvalue weighted by Crippen LogP contribution is 2.43. The molecule has 2 aliphatic heterocycles. The van der Waals surface area contributed by atoms with Crippen LogP contribution in [0.1, 0.15) is 79.9 Å². The van der Waals surface area contributed by atoms with Gasteiger partial charge in [-0.15, -0.1) is 0 Å². The van der Waals surface area contributed by atoms with Crippen LogP contribution in [-0.2, 0) is 12.8 Å². The van der Waals surface area contributed by atoms with Crippen LogP contribution in [0.25, 0.3) is 0 Å². The standard InChI is InChI=1S/C19H30N2/c1-5-7-8-18-19(12(3)15(6-2)13(4)20-18)16-11-14-9-10-17(16)21-14/h14,16-17,21H,5-11H2,1-4H3. The summed E-state index contributed by atoms with van der Waals surface area (Å²) >= 11 is 0. The molecule has 116 valence electrons. The molecule has 3 unspecified atom stereocenters. The smallest absolute Gasteiger partial charge is 0.0445 e. The lowest BCUT2D eigenvalue weighted by Gasteiger charge is -2.27. The van der Waals surface area contributed by atoms with Crippen molar-refractivity contribution in [1.29, 1.82) is 0 Å². The van der Waals surface area contributed by atoms with Crippen molar-refractivity contribution in [3.63, 3.8) is 0 Å². The Bertz CT molecular complexity index is 521. The number of aryl methyl sites for hydroxylation is 2. The van der Waals surface area contributed by atoms with Gasteiger partial charge >= 0.3 is 0 Å². The SMILES string of the molecule is CCCCc1nc(C)c(CC)c(C)c1C1CC2CCC1N2. The quantitative estimate of drug-likeness (QED) is 0.877. The Morgan fingerprint density at radius 2 is 2.00 bits per heavy atom. The van der Waals surface area contributed by atoms with E-state index < -0.39 is 0 Å². The molecule has 0 aromatic carbocycles. The van der Waals surface area contributed by atoms with E-state index in [1.165, 1.54) is 49.1 Å². The summed E-state index contributed by atoms with van der Waals surface area (Å²) in [5.41, 5.74) is 7.33. The largest absolute Gasteiger partial charge is 0.311 e. The summed E-state index contributed by atoms with van der Waals surface area (Å²) in [6, 6.07) is 1.48. The molecule has 2 nitrogen and oxygen atoms in total. The zero-order valence-corrected chi connectivity index (χ0v) is 14.1. The molecule has 3 rings (SSSR count). The molecule has 0 radical (unpaired) electrons. The van der Waals surface area contributed by atoms with Crippen molar-refractivity contribution in [3.8, 4) is 0 Å². The molecule has 3 atom stereocenters.